The summed E-state index contributed by atoms with van der Waals surface area (Å²) in [5.74, 6) is -1.44. The standard InChI is InChI=1S/C15H18FN5O3/c1-3-20(9-14(22)23)15(24)13(21-10(2)17-18-19-21)8-11-4-6-12(16)7-5-11/h4-7,13H,3,8-9H2,1-2H3,(H,22,23). The molecule has 1 unspecified atom stereocenters. The number of amides is 1. The molecule has 0 bridgehead atoms. The molecule has 1 atom stereocenters. The van der Waals surface area contributed by atoms with Crippen LogP contribution in [0.1, 0.15) is 24.4 Å². The lowest BCUT2D eigenvalue weighted by molar-refractivity contribution is -0.146. The fourth-order valence-corrected chi connectivity index (χ4v) is 2.37. The second kappa shape index (κ2) is 7.62. The van der Waals surface area contributed by atoms with Gasteiger partial charge in [0.1, 0.15) is 24.2 Å². The molecule has 0 radical (unpaired) electrons. The van der Waals surface area contributed by atoms with Crippen LogP contribution in [0.2, 0.25) is 0 Å². The summed E-state index contributed by atoms with van der Waals surface area (Å²) >= 11 is 0. The number of carbonyl (C=O) groups excluding carboxylic acids is 1. The van der Waals surface area contributed by atoms with Gasteiger partial charge in [-0.1, -0.05) is 12.1 Å². The number of halogens is 1. The van der Waals surface area contributed by atoms with Crippen LogP contribution >= 0.6 is 0 Å². The van der Waals surface area contributed by atoms with Crippen LogP contribution in [0.5, 0.6) is 0 Å². The summed E-state index contributed by atoms with van der Waals surface area (Å²) in [6.45, 7) is 3.18. The van der Waals surface area contributed by atoms with E-state index in [-0.39, 0.29) is 18.8 Å². The van der Waals surface area contributed by atoms with Crippen LogP contribution < -0.4 is 0 Å². The van der Waals surface area contributed by atoms with E-state index in [0.29, 0.717) is 5.82 Å². The van der Waals surface area contributed by atoms with Crippen molar-refractivity contribution in [2.75, 3.05) is 13.1 Å². The first kappa shape index (κ1) is 17.5. The fourth-order valence-electron chi connectivity index (χ4n) is 2.37. The summed E-state index contributed by atoms with van der Waals surface area (Å²) in [6.07, 6.45) is 0.223. The highest BCUT2D eigenvalue weighted by atomic mass is 19.1. The molecule has 1 aromatic carbocycles. The van der Waals surface area contributed by atoms with Crippen molar-refractivity contribution >= 4 is 11.9 Å². The molecule has 24 heavy (non-hydrogen) atoms. The molecular formula is C15H18FN5O3. The highest BCUT2D eigenvalue weighted by Gasteiger charge is 2.29. The zero-order chi connectivity index (χ0) is 17.7. The Bertz CT molecular complexity index is 716. The number of aliphatic carboxylic acids is 1. The number of likely N-dealkylation sites (N-methyl/N-ethyl adjacent to an activating group) is 1. The number of aryl methyl sites for hydroxylation is 1. The van der Waals surface area contributed by atoms with Crippen LogP contribution in [-0.4, -0.2) is 55.2 Å². The monoisotopic (exact) mass is 335 g/mol. The second-order valence-corrected chi connectivity index (χ2v) is 5.26. The van der Waals surface area contributed by atoms with E-state index in [0.717, 1.165) is 5.56 Å². The molecule has 1 N–H and O–H groups in total. The van der Waals surface area contributed by atoms with Crippen molar-refractivity contribution in [1.29, 1.82) is 0 Å². The van der Waals surface area contributed by atoms with E-state index < -0.39 is 24.5 Å². The van der Waals surface area contributed by atoms with Gasteiger partial charge >= 0.3 is 5.97 Å². The first-order chi connectivity index (χ1) is 11.4. The molecule has 128 valence electrons. The first-order valence-electron chi connectivity index (χ1n) is 7.41. The number of carboxylic acid groups (broad SMARTS) is 1. The number of nitrogens with zero attached hydrogens (tertiary/aromatic N) is 5. The maximum absolute atomic E-state index is 13.1. The van der Waals surface area contributed by atoms with Crippen molar-refractivity contribution in [1.82, 2.24) is 25.1 Å². The molecule has 0 aliphatic heterocycles. The third-order valence-corrected chi connectivity index (χ3v) is 3.60. The minimum absolute atomic E-state index is 0.223. The number of hydrogen-bond donors (Lipinski definition) is 1. The summed E-state index contributed by atoms with van der Waals surface area (Å²) < 4.78 is 14.4. The molecular weight excluding hydrogens is 317 g/mol. The normalized spacial score (nSPS) is 12.0. The minimum atomic E-state index is -1.10. The van der Waals surface area contributed by atoms with Crippen LogP contribution in [-0.2, 0) is 16.0 Å². The van der Waals surface area contributed by atoms with E-state index >= 15 is 0 Å². The fraction of sp³-hybridized carbons (Fsp3) is 0.400. The topological polar surface area (TPSA) is 101 Å². The van der Waals surface area contributed by atoms with Crippen molar-refractivity contribution in [3.8, 4) is 0 Å². The van der Waals surface area contributed by atoms with E-state index in [2.05, 4.69) is 15.5 Å². The maximum Gasteiger partial charge on any atom is 0.323 e. The van der Waals surface area contributed by atoms with Gasteiger partial charge in [-0.3, -0.25) is 9.59 Å². The van der Waals surface area contributed by atoms with Crippen molar-refractivity contribution < 1.29 is 19.1 Å². The summed E-state index contributed by atoms with van der Waals surface area (Å²) in [6, 6.07) is 4.95. The van der Waals surface area contributed by atoms with Crippen molar-refractivity contribution in [3.63, 3.8) is 0 Å². The zero-order valence-electron chi connectivity index (χ0n) is 13.4. The van der Waals surface area contributed by atoms with Crippen LogP contribution in [0, 0.1) is 12.7 Å². The summed E-state index contributed by atoms with van der Waals surface area (Å²) in [5, 5.41) is 20.1. The highest BCUT2D eigenvalue weighted by molar-refractivity contribution is 5.84. The molecule has 0 spiro atoms. The van der Waals surface area contributed by atoms with Gasteiger partial charge in [-0.25, -0.2) is 9.07 Å². The smallest absolute Gasteiger partial charge is 0.323 e. The Morgan fingerprint density at radius 3 is 2.50 bits per heavy atom. The average molecular weight is 335 g/mol. The number of tetrazole rings is 1. The van der Waals surface area contributed by atoms with Crippen molar-refractivity contribution in [2.45, 2.75) is 26.3 Å². The molecule has 0 aliphatic rings. The summed E-state index contributed by atoms with van der Waals surface area (Å²) in [7, 11) is 0. The second-order valence-electron chi connectivity index (χ2n) is 5.26. The molecule has 0 aliphatic carbocycles. The molecule has 2 aromatic rings. The number of rotatable bonds is 7. The highest BCUT2D eigenvalue weighted by Crippen LogP contribution is 2.18. The molecule has 1 heterocycles. The number of aromatic nitrogens is 4. The van der Waals surface area contributed by atoms with Crippen LogP contribution in [0.25, 0.3) is 0 Å². The largest absolute Gasteiger partial charge is 0.480 e. The molecule has 2 rings (SSSR count). The van der Waals surface area contributed by atoms with Crippen LogP contribution in [0.3, 0.4) is 0 Å². The lowest BCUT2D eigenvalue weighted by Gasteiger charge is -2.25. The van der Waals surface area contributed by atoms with Gasteiger partial charge in [0, 0.05) is 13.0 Å². The number of carbonyl (C=O) groups is 2. The number of carboxylic acids is 1. The third-order valence-electron chi connectivity index (χ3n) is 3.60. The lowest BCUT2D eigenvalue weighted by atomic mass is 10.0. The lowest BCUT2D eigenvalue weighted by Crippen LogP contribution is -2.41. The molecule has 0 fully saturated rings. The van der Waals surface area contributed by atoms with Gasteiger partial charge in [-0.15, -0.1) is 5.10 Å². The SMILES string of the molecule is CCN(CC(=O)O)C(=O)C(Cc1ccc(F)cc1)n1nnnc1C. The van der Waals surface area contributed by atoms with E-state index in [1.165, 1.54) is 21.7 Å². The first-order valence-corrected chi connectivity index (χ1v) is 7.41. The van der Waals surface area contributed by atoms with Gasteiger partial charge < -0.3 is 10.0 Å². The molecule has 0 saturated heterocycles. The predicted molar refractivity (Wildman–Crippen MR) is 81.6 cm³/mol. The van der Waals surface area contributed by atoms with Crippen molar-refractivity contribution in [2.24, 2.45) is 0 Å². The Balaban J connectivity index is 2.32. The minimum Gasteiger partial charge on any atom is -0.480 e. The maximum atomic E-state index is 13.1. The average Bonchev–Trinajstić information content (AvgIpc) is 2.97. The van der Waals surface area contributed by atoms with Gasteiger partial charge in [0.15, 0.2) is 0 Å². The molecule has 1 amide bonds. The van der Waals surface area contributed by atoms with E-state index in [1.807, 2.05) is 0 Å². The van der Waals surface area contributed by atoms with E-state index in [9.17, 15) is 14.0 Å². The van der Waals surface area contributed by atoms with Gasteiger partial charge in [0.2, 0.25) is 5.91 Å². The quantitative estimate of drug-likeness (QED) is 0.804. The molecule has 1 aromatic heterocycles. The van der Waals surface area contributed by atoms with E-state index in [4.69, 9.17) is 5.11 Å². The van der Waals surface area contributed by atoms with Gasteiger partial charge in [0.05, 0.1) is 0 Å². The number of hydrogen-bond acceptors (Lipinski definition) is 5. The Morgan fingerprint density at radius 1 is 1.33 bits per heavy atom. The third kappa shape index (κ3) is 4.12. The van der Waals surface area contributed by atoms with Gasteiger partial charge in [-0.05, 0) is 42.0 Å². The zero-order valence-corrected chi connectivity index (χ0v) is 13.4. The predicted octanol–water partition coefficient (Wildman–Crippen LogP) is 0.838. The van der Waals surface area contributed by atoms with Crippen molar-refractivity contribution in [3.05, 3.63) is 41.5 Å². The van der Waals surface area contributed by atoms with Crippen LogP contribution in [0.4, 0.5) is 4.39 Å². The molecule has 0 saturated carbocycles. The Morgan fingerprint density at radius 2 is 2.00 bits per heavy atom. The van der Waals surface area contributed by atoms with Gasteiger partial charge in [0.25, 0.3) is 0 Å². The molecule has 8 nitrogen and oxygen atoms in total. The Hall–Kier alpha value is -2.84. The Labute approximate surface area is 137 Å². The molecule has 9 heteroatoms. The summed E-state index contributed by atoms with van der Waals surface area (Å²) in [5.41, 5.74) is 0.719. The van der Waals surface area contributed by atoms with E-state index in [1.54, 1.807) is 26.0 Å². The van der Waals surface area contributed by atoms with Crippen LogP contribution in [0.15, 0.2) is 24.3 Å². The Kier molecular flexibility index (Phi) is 5.56. The van der Waals surface area contributed by atoms with Gasteiger partial charge in [-0.2, -0.15) is 0 Å². The number of benzene rings is 1. The summed E-state index contributed by atoms with van der Waals surface area (Å²) in [4.78, 5) is 25.0.